The van der Waals surface area contributed by atoms with Gasteiger partial charge in [-0.25, -0.2) is 4.98 Å². The second kappa shape index (κ2) is 6.62. The van der Waals surface area contributed by atoms with Crippen LogP contribution in [0.3, 0.4) is 0 Å². The van der Waals surface area contributed by atoms with Gasteiger partial charge in [-0.2, -0.15) is 18.2 Å². The van der Waals surface area contributed by atoms with E-state index in [0.717, 1.165) is 0 Å². The molecule has 0 radical (unpaired) electrons. The third kappa shape index (κ3) is 2.87. The molecule has 0 unspecified atom stereocenters. The van der Waals surface area contributed by atoms with E-state index in [-0.39, 0.29) is 28.5 Å². The molecule has 0 fully saturated rings. The second-order valence-corrected chi connectivity index (χ2v) is 7.09. The highest BCUT2D eigenvalue weighted by Crippen LogP contribution is 2.44. The second-order valence-electron chi connectivity index (χ2n) is 7.09. The van der Waals surface area contributed by atoms with Crippen LogP contribution in [0.2, 0.25) is 0 Å². The molecule has 3 aromatic heterocycles. The lowest BCUT2D eigenvalue weighted by molar-refractivity contribution is -0.139. The average Bonchev–Trinajstić information content (AvgIpc) is 3.17. The van der Waals surface area contributed by atoms with Gasteiger partial charge in [-0.05, 0) is 25.5 Å². The Morgan fingerprint density at radius 2 is 1.87 bits per heavy atom. The smallest absolute Gasteiger partial charge is 0.434 e. The number of oxazole rings is 1. The molecule has 0 spiro atoms. The topological polar surface area (TPSA) is 122 Å². The number of benzene rings is 1. The van der Waals surface area contributed by atoms with Gasteiger partial charge >= 0.3 is 6.18 Å². The summed E-state index contributed by atoms with van der Waals surface area (Å²) in [5, 5.41) is -0.539. The molecule has 31 heavy (non-hydrogen) atoms. The van der Waals surface area contributed by atoms with Crippen LogP contribution in [0.25, 0.3) is 27.8 Å². The zero-order chi connectivity index (χ0) is 22.8. The number of hydrogen-bond acceptors (Lipinski definition) is 6. The van der Waals surface area contributed by atoms with Gasteiger partial charge in [0, 0.05) is 17.9 Å². The number of halogens is 3. The summed E-state index contributed by atoms with van der Waals surface area (Å²) in [4.78, 5) is 19.9. The quantitative estimate of drug-likeness (QED) is 0.507. The number of carbonyl (C=O) groups is 1. The molecule has 162 valence electrons. The van der Waals surface area contributed by atoms with Crippen LogP contribution < -0.4 is 16.2 Å². The summed E-state index contributed by atoms with van der Waals surface area (Å²) in [6, 6.07) is 3.45. The number of aryl methyl sites for hydroxylation is 2. The van der Waals surface area contributed by atoms with Gasteiger partial charge in [0.25, 0.3) is 5.91 Å². The Hall–Kier alpha value is -3.76. The van der Waals surface area contributed by atoms with Crippen molar-refractivity contribution in [3.05, 3.63) is 40.4 Å². The Morgan fingerprint density at radius 1 is 1.19 bits per heavy atom. The predicted molar refractivity (Wildman–Crippen MR) is 107 cm³/mol. The van der Waals surface area contributed by atoms with Crippen molar-refractivity contribution in [3.63, 3.8) is 0 Å². The van der Waals surface area contributed by atoms with Gasteiger partial charge < -0.3 is 20.6 Å². The monoisotopic (exact) mass is 433 g/mol. The number of rotatable bonds is 3. The maximum absolute atomic E-state index is 14.0. The van der Waals surface area contributed by atoms with Crippen LogP contribution in [-0.2, 0) is 6.18 Å². The molecule has 1 aromatic carbocycles. The number of primary amides is 1. The first kappa shape index (κ1) is 20.5. The van der Waals surface area contributed by atoms with Gasteiger partial charge in [0.05, 0.1) is 18.4 Å². The van der Waals surface area contributed by atoms with Crippen LogP contribution in [0.5, 0.6) is 5.75 Å². The van der Waals surface area contributed by atoms with Crippen LogP contribution in [0.4, 0.5) is 19.0 Å². The minimum atomic E-state index is -4.90. The van der Waals surface area contributed by atoms with Gasteiger partial charge in [0.2, 0.25) is 5.65 Å². The van der Waals surface area contributed by atoms with Gasteiger partial charge in [-0.3, -0.25) is 9.36 Å². The summed E-state index contributed by atoms with van der Waals surface area (Å²) in [6.45, 7) is 4.96. The molecule has 0 atom stereocenters. The molecule has 3 heterocycles. The number of nitrogens with zero attached hydrogens (tertiary/aromatic N) is 3. The van der Waals surface area contributed by atoms with Crippen molar-refractivity contribution in [1.82, 2.24) is 14.5 Å². The van der Waals surface area contributed by atoms with Crippen LogP contribution >= 0.6 is 0 Å². The fourth-order valence-corrected chi connectivity index (χ4v) is 3.91. The van der Waals surface area contributed by atoms with E-state index in [1.54, 1.807) is 26.0 Å². The van der Waals surface area contributed by atoms with E-state index < -0.39 is 28.7 Å². The van der Waals surface area contributed by atoms with Crippen molar-refractivity contribution in [2.75, 3.05) is 12.8 Å². The van der Waals surface area contributed by atoms with Crippen molar-refractivity contribution in [2.45, 2.75) is 26.9 Å². The highest BCUT2D eigenvalue weighted by molar-refractivity contribution is 6.17. The number of anilines is 1. The molecular formula is C20H18F3N5O3. The number of hydrogen-bond donors (Lipinski definition) is 2. The number of alkyl halides is 3. The summed E-state index contributed by atoms with van der Waals surface area (Å²) in [5.41, 5.74) is 11.2. The number of amides is 1. The average molecular weight is 433 g/mol. The number of ether oxygens (including phenoxy) is 1. The lowest BCUT2D eigenvalue weighted by atomic mass is 10.1. The molecule has 0 aliphatic rings. The lowest BCUT2D eigenvalue weighted by Crippen LogP contribution is -2.16. The van der Waals surface area contributed by atoms with E-state index in [4.69, 9.17) is 20.6 Å². The Bertz CT molecular complexity index is 1390. The molecule has 0 saturated heterocycles. The van der Waals surface area contributed by atoms with Gasteiger partial charge in [-0.1, -0.05) is 6.07 Å². The largest absolute Gasteiger partial charge is 0.496 e. The van der Waals surface area contributed by atoms with E-state index in [0.29, 0.717) is 22.6 Å². The zero-order valence-corrected chi connectivity index (χ0v) is 17.0. The molecule has 4 aromatic rings. The highest BCUT2D eigenvalue weighted by Gasteiger charge is 2.40. The van der Waals surface area contributed by atoms with Gasteiger partial charge in [-0.15, -0.1) is 0 Å². The number of pyridine rings is 1. The van der Waals surface area contributed by atoms with E-state index in [1.165, 1.54) is 18.6 Å². The molecule has 0 aliphatic carbocycles. The molecule has 0 aliphatic heterocycles. The maximum Gasteiger partial charge on any atom is 0.434 e. The van der Waals surface area contributed by atoms with Crippen LogP contribution in [0.15, 0.2) is 16.5 Å². The lowest BCUT2D eigenvalue weighted by Gasteiger charge is -2.17. The van der Waals surface area contributed by atoms with Gasteiger partial charge in [0.15, 0.2) is 17.2 Å². The number of fused-ring (bicyclic) bond motifs is 3. The first-order chi connectivity index (χ1) is 14.5. The molecule has 0 bridgehead atoms. The molecule has 4 N–H and O–H groups in total. The van der Waals surface area contributed by atoms with E-state index >= 15 is 0 Å². The van der Waals surface area contributed by atoms with Crippen molar-refractivity contribution in [3.8, 4) is 11.4 Å². The van der Waals surface area contributed by atoms with Gasteiger partial charge in [0.1, 0.15) is 17.1 Å². The summed E-state index contributed by atoms with van der Waals surface area (Å²) in [5.74, 6) is -0.801. The summed E-state index contributed by atoms with van der Waals surface area (Å²) < 4.78 is 54.2. The minimum Gasteiger partial charge on any atom is -0.496 e. The number of nitrogen functional groups attached to an aromatic ring is 1. The Balaban J connectivity index is 2.36. The number of aromatic nitrogens is 3. The predicted octanol–water partition coefficient (Wildman–Crippen LogP) is 3.80. The highest BCUT2D eigenvalue weighted by atomic mass is 19.4. The normalized spacial score (nSPS) is 12.1. The van der Waals surface area contributed by atoms with Crippen molar-refractivity contribution in [1.29, 1.82) is 0 Å². The summed E-state index contributed by atoms with van der Waals surface area (Å²) in [7, 11) is 1.47. The standard InChI is InChI=1S/C20H18F3N5O3/c1-7-5-6-10(30-4)8(2)13(7)28-14-11(12(17(28)24)18(25)29)16(20(21,22)23)27-19-15(14)31-9(3)26-19/h5-6H,24H2,1-4H3,(H2,25,29). The molecule has 11 heteroatoms. The SMILES string of the molecule is COc1ccc(C)c(-n2c(N)c(C(N)=O)c3c(C(F)(F)F)nc4nc(C)oc4c32)c1C. The Labute approximate surface area is 173 Å². The fourth-order valence-electron chi connectivity index (χ4n) is 3.91. The molecule has 0 saturated carbocycles. The molecule has 1 amide bonds. The van der Waals surface area contributed by atoms with Crippen LogP contribution in [-0.4, -0.2) is 27.6 Å². The van der Waals surface area contributed by atoms with Crippen LogP contribution in [0, 0.1) is 20.8 Å². The fraction of sp³-hybridized carbons (Fsp3) is 0.250. The zero-order valence-electron chi connectivity index (χ0n) is 17.0. The Kier molecular flexibility index (Phi) is 4.38. The van der Waals surface area contributed by atoms with Crippen molar-refractivity contribution >= 4 is 33.9 Å². The van der Waals surface area contributed by atoms with Crippen molar-refractivity contribution in [2.24, 2.45) is 5.73 Å². The third-order valence-electron chi connectivity index (χ3n) is 5.13. The maximum atomic E-state index is 14.0. The number of methoxy groups -OCH3 is 1. The molecule has 4 rings (SSSR count). The van der Waals surface area contributed by atoms with Crippen LogP contribution in [0.1, 0.15) is 33.1 Å². The Morgan fingerprint density at radius 3 is 2.45 bits per heavy atom. The molecular weight excluding hydrogens is 415 g/mol. The first-order valence-corrected chi connectivity index (χ1v) is 9.09. The number of nitrogens with two attached hydrogens (primary N) is 2. The number of carbonyl (C=O) groups excluding carboxylic acids is 1. The van der Waals surface area contributed by atoms with E-state index in [1.807, 2.05) is 0 Å². The van der Waals surface area contributed by atoms with E-state index in [2.05, 4.69) is 9.97 Å². The molecule has 8 nitrogen and oxygen atoms in total. The van der Waals surface area contributed by atoms with E-state index in [9.17, 15) is 18.0 Å². The third-order valence-corrected chi connectivity index (χ3v) is 5.13. The minimum absolute atomic E-state index is 0.0404. The first-order valence-electron chi connectivity index (χ1n) is 9.09. The van der Waals surface area contributed by atoms with Crippen molar-refractivity contribution < 1.29 is 27.1 Å². The summed E-state index contributed by atoms with van der Waals surface area (Å²) in [6.07, 6.45) is -4.90. The summed E-state index contributed by atoms with van der Waals surface area (Å²) >= 11 is 0.